The van der Waals surface area contributed by atoms with Crippen LogP contribution in [-0.2, 0) is 11.3 Å². The highest BCUT2D eigenvalue weighted by molar-refractivity contribution is 6.30. The minimum absolute atomic E-state index is 0.0572. The Balaban J connectivity index is 2.01. The monoisotopic (exact) mass is 256 g/mol. The van der Waals surface area contributed by atoms with Crippen LogP contribution < -0.4 is 0 Å². The van der Waals surface area contributed by atoms with E-state index in [0.29, 0.717) is 5.15 Å². The van der Waals surface area contributed by atoms with Gasteiger partial charge in [-0.25, -0.2) is 4.98 Å². The summed E-state index contributed by atoms with van der Waals surface area (Å²) in [6.07, 6.45) is 1.72. The molecule has 0 amide bonds. The number of aromatic nitrogens is 1. The first-order valence-corrected chi connectivity index (χ1v) is 6.15. The van der Waals surface area contributed by atoms with Crippen LogP contribution in [0.15, 0.2) is 18.3 Å². The van der Waals surface area contributed by atoms with Crippen molar-refractivity contribution in [2.24, 2.45) is 0 Å². The number of ether oxygens (including phenoxy) is 1. The SMILES string of the molecule is CC1CN(Cc2cccnc2Cl)CC(CO)O1. The second-order valence-corrected chi connectivity index (χ2v) is 4.76. The fourth-order valence-electron chi connectivity index (χ4n) is 2.15. The quantitative estimate of drug-likeness (QED) is 0.829. The van der Waals surface area contributed by atoms with E-state index in [1.165, 1.54) is 0 Å². The Labute approximate surface area is 106 Å². The number of aliphatic hydroxyl groups is 1. The molecule has 2 unspecified atom stereocenters. The van der Waals surface area contributed by atoms with Gasteiger partial charge in [0.2, 0.25) is 0 Å². The molecule has 94 valence electrons. The smallest absolute Gasteiger partial charge is 0.133 e. The number of hydrogen-bond acceptors (Lipinski definition) is 4. The van der Waals surface area contributed by atoms with Gasteiger partial charge in [0.15, 0.2) is 0 Å². The molecule has 2 heterocycles. The van der Waals surface area contributed by atoms with Crippen LogP contribution in [0.3, 0.4) is 0 Å². The Morgan fingerprint density at radius 1 is 1.59 bits per heavy atom. The largest absolute Gasteiger partial charge is 0.394 e. The first-order chi connectivity index (χ1) is 8.19. The topological polar surface area (TPSA) is 45.6 Å². The van der Waals surface area contributed by atoms with Crippen molar-refractivity contribution in [1.29, 1.82) is 0 Å². The van der Waals surface area contributed by atoms with Gasteiger partial charge in [0.25, 0.3) is 0 Å². The van der Waals surface area contributed by atoms with Crippen molar-refractivity contribution in [1.82, 2.24) is 9.88 Å². The maximum Gasteiger partial charge on any atom is 0.133 e. The molecule has 1 aromatic heterocycles. The van der Waals surface area contributed by atoms with E-state index in [2.05, 4.69) is 9.88 Å². The first kappa shape index (κ1) is 12.8. The third-order valence-electron chi connectivity index (χ3n) is 2.84. The molecule has 4 nitrogen and oxygen atoms in total. The number of nitrogens with zero attached hydrogens (tertiary/aromatic N) is 2. The van der Waals surface area contributed by atoms with Crippen molar-refractivity contribution in [3.05, 3.63) is 29.0 Å². The van der Waals surface area contributed by atoms with Gasteiger partial charge in [-0.1, -0.05) is 17.7 Å². The summed E-state index contributed by atoms with van der Waals surface area (Å²) in [5.74, 6) is 0. The summed E-state index contributed by atoms with van der Waals surface area (Å²) in [6, 6.07) is 3.86. The van der Waals surface area contributed by atoms with Gasteiger partial charge < -0.3 is 9.84 Å². The third-order valence-corrected chi connectivity index (χ3v) is 3.18. The standard InChI is InChI=1S/C12H17ClN2O2/c1-9-5-15(7-11(8-16)17-9)6-10-3-2-4-14-12(10)13/h2-4,9,11,16H,5-8H2,1H3. The fraction of sp³-hybridized carbons (Fsp3) is 0.583. The number of aliphatic hydroxyl groups excluding tert-OH is 1. The molecule has 1 N–H and O–H groups in total. The van der Waals surface area contributed by atoms with Crippen molar-refractivity contribution in [3.8, 4) is 0 Å². The van der Waals surface area contributed by atoms with Crippen LogP contribution in [0, 0.1) is 0 Å². The third kappa shape index (κ3) is 3.39. The molecule has 0 aromatic carbocycles. The predicted molar refractivity (Wildman–Crippen MR) is 65.9 cm³/mol. The van der Waals surface area contributed by atoms with Gasteiger partial charge in [0.1, 0.15) is 5.15 Å². The van der Waals surface area contributed by atoms with Crippen LogP contribution in [-0.4, -0.2) is 46.9 Å². The highest BCUT2D eigenvalue weighted by atomic mass is 35.5. The molecular formula is C12H17ClN2O2. The van der Waals surface area contributed by atoms with E-state index in [0.717, 1.165) is 25.2 Å². The Morgan fingerprint density at radius 2 is 2.41 bits per heavy atom. The van der Waals surface area contributed by atoms with Crippen LogP contribution in [0.4, 0.5) is 0 Å². The van der Waals surface area contributed by atoms with Crippen LogP contribution >= 0.6 is 11.6 Å². The molecule has 1 aliphatic heterocycles. The molecule has 1 aliphatic rings. The highest BCUT2D eigenvalue weighted by Crippen LogP contribution is 2.18. The molecule has 5 heteroatoms. The van der Waals surface area contributed by atoms with Crippen LogP contribution in [0.5, 0.6) is 0 Å². The Bertz CT molecular complexity index is 375. The van der Waals surface area contributed by atoms with Gasteiger partial charge >= 0.3 is 0 Å². The average molecular weight is 257 g/mol. The normalized spacial score (nSPS) is 26.1. The number of pyridine rings is 1. The summed E-state index contributed by atoms with van der Waals surface area (Å²) in [5.41, 5.74) is 1.01. The van der Waals surface area contributed by atoms with Crippen LogP contribution in [0.25, 0.3) is 0 Å². The summed E-state index contributed by atoms with van der Waals surface area (Å²) in [6.45, 7) is 4.39. The summed E-state index contributed by atoms with van der Waals surface area (Å²) in [4.78, 5) is 6.30. The van der Waals surface area contributed by atoms with Crippen molar-refractivity contribution in [3.63, 3.8) is 0 Å². The van der Waals surface area contributed by atoms with E-state index < -0.39 is 0 Å². The van der Waals surface area contributed by atoms with Gasteiger partial charge in [-0.3, -0.25) is 4.90 Å². The summed E-state index contributed by atoms with van der Waals surface area (Å²) in [5, 5.41) is 9.71. The predicted octanol–water partition coefficient (Wildman–Crippen LogP) is 1.32. The van der Waals surface area contributed by atoms with E-state index in [1.54, 1.807) is 6.20 Å². The lowest BCUT2D eigenvalue weighted by atomic mass is 10.2. The molecule has 0 saturated carbocycles. The van der Waals surface area contributed by atoms with E-state index in [-0.39, 0.29) is 18.8 Å². The number of morpholine rings is 1. The minimum Gasteiger partial charge on any atom is -0.394 e. The van der Waals surface area contributed by atoms with E-state index in [4.69, 9.17) is 21.4 Å². The second kappa shape index (κ2) is 5.78. The fourth-order valence-corrected chi connectivity index (χ4v) is 2.33. The maximum absolute atomic E-state index is 9.16. The van der Waals surface area contributed by atoms with Gasteiger partial charge in [-0.05, 0) is 13.0 Å². The Morgan fingerprint density at radius 3 is 3.12 bits per heavy atom. The van der Waals surface area contributed by atoms with E-state index >= 15 is 0 Å². The van der Waals surface area contributed by atoms with Crippen LogP contribution in [0.1, 0.15) is 12.5 Å². The molecule has 17 heavy (non-hydrogen) atoms. The lowest BCUT2D eigenvalue weighted by molar-refractivity contribution is -0.0972. The minimum atomic E-state index is -0.103. The van der Waals surface area contributed by atoms with Crippen LogP contribution in [0.2, 0.25) is 5.15 Å². The molecule has 2 atom stereocenters. The molecule has 0 aliphatic carbocycles. The summed E-state index contributed by atoms with van der Waals surface area (Å²) < 4.78 is 5.59. The van der Waals surface area contributed by atoms with Crippen molar-refractivity contribution >= 4 is 11.6 Å². The van der Waals surface area contributed by atoms with Gasteiger partial charge in [0.05, 0.1) is 18.8 Å². The molecule has 0 bridgehead atoms. The molecule has 0 spiro atoms. The Hall–Kier alpha value is -0.680. The van der Waals surface area contributed by atoms with Gasteiger partial charge in [0, 0.05) is 31.4 Å². The molecule has 1 aromatic rings. The Kier molecular flexibility index (Phi) is 4.34. The maximum atomic E-state index is 9.16. The molecule has 1 saturated heterocycles. The molecule has 2 rings (SSSR count). The van der Waals surface area contributed by atoms with Gasteiger partial charge in [-0.15, -0.1) is 0 Å². The zero-order chi connectivity index (χ0) is 12.3. The van der Waals surface area contributed by atoms with Crippen molar-refractivity contribution < 1.29 is 9.84 Å². The zero-order valence-corrected chi connectivity index (χ0v) is 10.6. The lowest BCUT2D eigenvalue weighted by Crippen LogP contribution is -2.47. The van der Waals surface area contributed by atoms with E-state index in [9.17, 15) is 0 Å². The first-order valence-electron chi connectivity index (χ1n) is 5.77. The molecule has 1 fully saturated rings. The zero-order valence-electron chi connectivity index (χ0n) is 9.84. The second-order valence-electron chi connectivity index (χ2n) is 4.40. The number of rotatable bonds is 3. The average Bonchev–Trinajstić information content (AvgIpc) is 2.31. The van der Waals surface area contributed by atoms with Crippen molar-refractivity contribution in [2.75, 3.05) is 19.7 Å². The van der Waals surface area contributed by atoms with Crippen molar-refractivity contribution in [2.45, 2.75) is 25.7 Å². The van der Waals surface area contributed by atoms with Gasteiger partial charge in [-0.2, -0.15) is 0 Å². The highest BCUT2D eigenvalue weighted by Gasteiger charge is 2.24. The number of halogens is 1. The molecule has 0 radical (unpaired) electrons. The van der Waals surface area contributed by atoms with E-state index in [1.807, 2.05) is 19.1 Å². The lowest BCUT2D eigenvalue weighted by Gasteiger charge is -2.36. The molecular weight excluding hydrogens is 240 g/mol. The summed E-state index contributed by atoms with van der Waals surface area (Å²) >= 11 is 6.03. The number of hydrogen-bond donors (Lipinski definition) is 1. The summed E-state index contributed by atoms with van der Waals surface area (Å²) in [7, 11) is 0.